The van der Waals surface area contributed by atoms with Crippen molar-refractivity contribution in [3.05, 3.63) is 17.5 Å². The van der Waals surface area contributed by atoms with Gasteiger partial charge in [-0.3, -0.25) is 9.48 Å². The summed E-state index contributed by atoms with van der Waals surface area (Å²) < 4.78 is 6.76. The van der Waals surface area contributed by atoms with Crippen LogP contribution in [-0.4, -0.2) is 47.2 Å². The lowest BCUT2D eigenvalue weighted by Gasteiger charge is -2.25. The van der Waals surface area contributed by atoms with E-state index in [1.807, 2.05) is 4.68 Å². The van der Waals surface area contributed by atoms with Crippen molar-refractivity contribution in [2.24, 2.45) is 5.73 Å². The third-order valence-electron chi connectivity index (χ3n) is 3.86. The molecule has 0 aliphatic heterocycles. The van der Waals surface area contributed by atoms with Crippen molar-refractivity contribution in [2.75, 3.05) is 20.3 Å². The molecule has 1 aliphatic rings. The van der Waals surface area contributed by atoms with Gasteiger partial charge in [-0.15, -0.1) is 0 Å². The molecular formula is C14H24N4O3. The molecule has 0 bridgehead atoms. The Labute approximate surface area is 124 Å². The summed E-state index contributed by atoms with van der Waals surface area (Å²) in [4.78, 5) is 12.1. The molecule has 0 radical (unpaired) electrons. The fourth-order valence-corrected chi connectivity index (χ4v) is 2.71. The van der Waals surface area contributed by atoms with Gasteiger partial charge in [-0.2, -0.15) is 5.10 Å². The summed E-state index contributed by atoms with van der Waals surface area (Å²) in [5, 5.41) is 16.3. The first-order valence-electron chi connectivity index (χ1n) is 7.37. The maximum atomic E-state index is 12.1. The van der Waals surface area contributed by atoms with Gasteiger partial charge in [0.15, 0.2) is 0 Å². The standard InChI is InChI=1S/C14H24N4O3/c1-21-8-5-11(15)14(20)17-12-3-2-4-13-10(12)9-16-18(13)6-7-19/h9,11-12,19H,2-8,15H2,1H3,(H,17,20). The molecule has 7 heteroatoms. The lowest BCUT2D eigenvalue weighted by molar-refractivity contribution is -0.123. The minimum atomic E-state index is -0.553. The van der Waals surface area contributed by atoms with Crippen LogP contribution >= 0.6 is 0 Å². The first-order chi connectivity index (χ1) is 10.2. The second-order valence-electron chi connectivity index (χ2n) is 5.33. The molecule has 2 rings (SSSR count). The fourth-order valence-electron chi connectivity index (χ4n) is 2.71. The number of fused-ring (bicyclic) bond motifs is 1. The zero-order valence-electron chi connectivity index (χ0n) is 12.4. The zero-order valence-corrected chi connectivity index (χ0v) is 12.4. The van der Waals surface area contributed by atoms with E-state index in [9.17, 15) is 4.79 Å². The van der Waals surface area contributed by atoms with E-state index in [0.29, 0.717) is 19.6 Å². The molecular weight excluding hydrogens is 272 g/mol. The number of rotatable bonds is 7. The van der Waals surface area contributed by atoms with E-state index < -0.39 is 6.04 Å². The van der Waals surface area contributed by atoms with Gasteiger partial charge in [0.1, 0.15) is 0 Å². The molecule has 0 saturated carbocycles. The van der Waals surface area contributed by atoms with Crippen LogP contribution in [0.25, 0.3) is 0 Å². The number of hydrogen-bond donors (Lipinski definition) is 3. The number of carbonyl (C=O) groups excluding carboxylic acids is 1. The van der Waals surface area contributed by atoms with Crippen molar-refractivity contribution in [2.45, 2.75) is 44.3 Å². The van der Waals surface area contributed by atoms with Crippen LogP contribution < -0.4 is 11.1 Å². The largest absolute Gasteiger partial charge is 0.394 e. The molecule has 1 aliphatic carbocycles. The highest BCUT2D eigenvalue weighted by Gasteiger charge is 2.26. The molecule has 0 fully saturated rings. The number of nitrogens with two attached hydrogens (primary N) is 1. The van der Waals surface area contributed by atoms with Gasteiger partial charge in [-0.05, 0) is 25.7 Å². The van der Waals surface area contributed by atoms with Crippen LogP contribution in [0.2, 0.25) is 0 Å². The number of aliphatic hydroxyl groups excluding tert-OH is 1. The molecule has 7 nitrogen and oxygen atoms in total. The van der Waals surface area contributed by atoms with Crippen molar-refractivity contribution in [1.82, 2.24) is 15.1 Å². The van der Waals surface area contributed by atoms with E-state index in [1.54, 1.807) is 13.3 Å². The van der Waals surface area contributed by atoms with E-state index >= 15 is 0 Å². The Morgan fingerprint density at radius 2 is 2.52 bits per heavy atom. The van der Waals surface area contributed by atoms with Gasteiger partial charge in [0, 0.05) is 25.0 Å². The number of carbonyl (C=O) groups is 1. The van der Waals surface area contributed by atoms with E-state index in [2.05, 4.69) is 10.4 Å². The highest BCUT2D eigenvalue weighted by molar-refractivity contribution is 5.81. The zero-order chi connectivity index (χ0) is 15.2. The summed E-state index contributed by atoms with van der Waals surface area (Å²) >= 11 is 0. The Balaban J connectivity index is 2.01. The SMILES string of the molecule is COCCC(N)C(=O)NC1CCCc2c1cnn2CCO. The Hall–Kier alpha value is -1.44. The monoisotopic (exact) mass is 296 g/mol. The fraction of sp³-hybridized carbons (Fsp3) is 0.714. The van der Waals surface area contributed by atoms with E-state index in [1.165, 1.54) is 0 Å². The molecule has 118 valence electrons. The van der Waals surface area contributed by atoms with Crippen LogP contribution in [0.4, 0.5) is 0 Å². The summed E-state index contributed by atoms with van der Waals surface area (Å²) in [7, 11) is 1.59. The second-order valence-corrected chi connectivity index (χ2v) is 5.33. The van der Waals surface area contributed by atoms with Crippen molar-refractivity contribution < 1.29 is 14.6 Å². The van der Waals surface area contributed by atoms with Crippen molar-refractivity contribution in [3.63, 3.8) is 0 Å². The first-order valence-corrected chi connectivity index (χ1v) is 7.37. The Bertz CT molecular complexity index is 475. The predicted molar refractivity (Wildman–Crippen MR) is 77.6 cm³/mol. The topological polar surface area (TPSA) is 102 Å². The highest BCUT2D eigenvalue weighted by atomic mass is 16.5. The van der Waals surface area contributed by atoms with Crippen LogP contribution in [0.3, 0.4) is 0 Å². The minimum absolute atomic E-state index is 0.0395. The van der Waals surface area contributed by atoms with Crippen LogP contribution in [0.1, 0.15) is 36.6 Å². The van der Waals surface area contributed by atoms with E-state index in [4.69, 9.17) is 15.6 Å². The number of hydrogen-bond acceptors (Lipinski definition) is 5. The molecule has 2 atom stereocenters. The van der Waals surface area contributed by atoms with Crippen LogP contribution in [0.5, 0.6) is 0 Å². The lowest BCUT2D eigenvalue weighted by atomic mass is 9.92. The lowest BCUT2D eigenvalue weighted by Crippen LogP contribution is -2.43. The molecule has 1 aromatic rings. The van der Waals surface area contributed by atoms with Gasteiger partial charge < -0.3 is 20.9 Å². The number of aromatic nitrogens is 2. The van der Waals surface area contributed by atoms with Crippen LogP contribution in [0.15, 0.2) is 6.20 Å². The third kappa shape index (κ3) is 3.81. The number of nitrogens with one attached hydrogen (secondary N) is 1. The van der Waals surface area contributed by atoms with Gasteiger partial charge in [0.25, 0.3) is 0 Å². The highest BCUT2D eigenvalue weighted by Crippen LogP contribution is 2.29. The van der Waals surface area contributed by atoms with Gasteiger partial charge in [0.2, 0.25) is 5.91 Å². The number of methoxy groups -OCH3 is 1. The molecule has 1 amide bonds. The van der Waals surface area contributed by atoms with Gasteiger partial charge in [0.05, 0.1) is 31.4 Å². The smallest absolute Gasteiger partial charge is 0.237 e. The normalized spacial score (nSPS) is 19.1. The van der Waals surface area contributed by atoms with Crippen molar-refractivity contribution >= 4 is 5.91 Å². The molecule has 4 N–H and O–H groups in total. The third-order valence-corrected chi connectivity index (χ3v) is 3.86. The Morgan fingerprint density at radius 1 is 1.71 bits per heavy atom. The average molecular weight is 296 g/mol. The summed E-state index contributed by atoms with van der Waals surface area (Å²) in [6.45, 7) is 1.02. The quantitative estimate of drug-likeness (QED) is 0.643. The van der Waals surface area contributed by atoms with Gasteiger partial charge in [-0.1, -0.05) is 0 Å². The maximum Gasteiger partial charge on any atom is 0.237 e. The Kier molecular flexibility index (Phi) is 5.72. The number of ether oxygens (including phenoxy) is 1. The summed E-state index contributed by atoms with van der Waals surface area (Å²) in [6, 6.07) is -0.592. The number of aliphatic hydroxyl groups is 1. The minimum Gasteiger partial charge on any atom is -0.394 e. The molecule has 2 unspecified atom stereocenters. The molecule has 0 saturated heterocycles. The van der Waals surface area contributed by atoms with E-state index in [-0.39, 0.29) is 18.6 Å². The van der Waals surface area contributed by atoms with Gasteiger partial charge in [-0.25, -0.2) is 0 Å². The predicted octanol–water partition coefficient (Wildman–Crippen LogP) is -0.267. The Morgan fingerprint density at radius 3 is 3.24 bits per heavy atom. The molecule has 0 spiro atoms. The number of amides is 1. The van der Waals surface area contributed by atoms with E-state index in [0.717, 1.165) is 30.5 Å². The van der Waals surface area contributed by atoms with Gasteiger partial charge >= 0.3 is 0 Å². The summed E-state index contributed by atoms with van der Waals surface area (Å²) in [5.41, 5.74) is 7.99. The number of nitrogens with zero attached hydrogens (tertiary/aromatic N) is 2. The van der Waals surface area contributed by atoms with Crippen LogP contribution in [0, 0.1) is 0 Å². The summed E-state index contributed by atoms with van der Waals surface area (Å²) in [5.74, 6) is -0.153. The van der Waals surface area contributed by atoms with Crippen molar-refractivity contribution in [1.29, 1.82) is 0 Å². The van der Waals surface area contributed by atoms with Crippen molar-refractivity contribution in [3.8, 4) is 0 Å². The average Bonchev–Trinajstić information content (AvgIpc) is 2.89. The second kappa shape index (κ2) is 7.53. The molecule has 21 heavy (non-hydrogen) atoms. The first kappa shape index (κ1) is 15.9. The molecule has 1 aromatic heterocycles. The molecule has 1 heterocycles. The van der Waals surface area contributed by atoms with Crippen LogP contribution in [-0.2, 0) is 22.5 Å². The summed E-state index contributed by atoms with van der Waals surface area (Å²) in [6.07, 6.45) is 5.10. The molecule has 0 aromatic carbocycles. The maximum absolute atomic E-state index is 12.1.